The Labute approximate surface area is 110 Å². The van der Waals surface area contributed by atoms with E-state index in [1.165, 1.54) is 12.0 Å². The summed E-state index contributed by atoms with van der Waals surface area (Å²) in [5.74, 6) is 1.22. The van der Waals surface area contributed by atoms with E-state index in [0.717, 1.165) is 31.4 Å². The molecule has 0 radical (unpaired) electrons. The molecule has 1 aromatic rings. The van der Waals surface area contributed by atoms with Crippen LogP contribution in [-0.4, -0.2) is 17.3 Å². The minimum atomic E-state index is -0.183. The molecule has 0 aliphatic heterocycles. The van der Waals surface area contributed by atoms with Crippen molar-refractivity contribution in [2.45, 2.75) is 64.1 Å². The van der Waals surface area contributed by atoms with Crippen LogP contribution in [0.15, 0.2) is 24.3 Å². The molecule has 2 rings (SSSR count). The van der Waals surface area contributed by atoms with E-state index in [2.05, 4.69) is 26.0 Å². The van der Waals surface area contributed by atoms with Gasteiger partial charge in [-0.1, -0.05) is 31.9 Å². The van der Waals surface area contributed by atoms with E-state index >= 15 is 0 Å². The van der Waals surface area contributed by atoms with Crippen molar-refractivity contribution in [2.24, 2.45) is 0 Å². The normalized spacial score (nSPS) is 25.7. The van der Waals surface area contributed by atoms with Gasteiger partial charge in [0.25, 0.3) is 0 Å². The van der Waals surface area contributed by atoms with Crippen LogP contribution in [0.3, 0.4) is 0 Å². The van der Waals surface area contributed by atoms with Gasteiger partial charge in [0.05, 0.1) is 12.2 Å². The fourth-order valence-corrected chi connectivity index (χ4v) is 2.63. The van der Waals surface area contributed by atoms with Crippen molar-refractivity contribution in [3.8, 4) is 5.75 Å². The van der Waals surface area contributed by atoms with Gasteiger partial charge in [0.1, 0.15) is 5.75 Å². The molecule has 1 saturated carbocycles. The summed E-state index contributed by atoms with van der Waals surface area (Å²) >= 11 is 0. The third-order valence-electron chi connectivity index (χ3n) is 3.93. The quantitative estimate of drug-likeness (QED) is 0.876. The fourth-order valence-electron chi connectivity index (χ4n) is 2.63. The molecule has 1 aliphatic rings. The Hall–Kier alpha value is -1.02. The Morgan fingerprint density at radius 3 is 2.83 bits per heavy atom. The van der Waals surface area contributed by atoms with Crippen molar-refractivity contribution in [3.05, 3.63) is 29.8 Å². The van der Waals surface area contributed by atoms with Crippen LogP contribution in [0.25, 0.3) is 0 Å². The second kappa shape index (κ2) is 6.24. The Morgan fingerprint density at radius 1 is 1.33 bits per heavy atom. The van der Waals surface area contributed by atoms with Gasteiger partial charge in [-0.15, -0.1) is 0 Å². The van der Waals surface area contributed by atoms with Crippen LogP contribution in [-0.2, 0) is 0 Å². The maximum Gasteiger partial charge on any atom is 0.119 e. The highest BCUT2D eigenvalue weighted by Crippen LogP contribution is 2.34. The topological polar surface area (TPSA) is 29.5 Å². The zero-order valence-electron chi connectivity index (χ0n) is 11.4. The minimum absolute atomic E-state index is 0.183. The van der Waals surface area contributed by atoms with Crippen LogP contribution in [0.1, 0.15) is 57.4 Å². The molecular formula is C16H24O2. The first kappa shape index (κ1) is 13.4. The zero-order valence-corrected chi connectivity index (χ0v) is 11.4. The van der Waals surface area contributed by atoms with Gasteiger partial charge in [0.2, 0.25) is 0 Å². The molecule has 18 heavy (non-hydrogen) atoms. The lowest BCUT2D eigenvalue weighted by Gasteiger charge is -2.28. The predicted octanol–water partition coefficient (Wildman–Crippen LogP) is 3.88. The first-order chi connectivity index (χ1) is 8.70. The number of hydrogen-bond acceptors (Lipinski definition) is 2. The van der Waals surface area contributed by atoms with Gasteiger partial charge in [0.15, 0.2) is 0 Å². The van der Waals surface area contributed by atoms with E-state index in [9.17, 15) is 5.11 Å². The zero-order chi connectivity index (χ0) is 13.0. The Morgan fingerprint density at radius 2 is 2.11 bits per heavy atom. The molecule has 1 aliphatic carbocycles. The predicted molar refractivity (Wildman–Crippen MR) is 74.0 cm³/mol. The molecule has 0 amide bonds. The largest absolute Gasteiger partial charge is 0.491 e. The molecule has 2 nitrogen and oxygen atoms in total. The Bertz CT molecular complexity index is 375. The van der Waals surface area contributed by atoms with E-state index in [0.29, 0.717) is 5.92 Å². The summed E-state index contributed by atoms with van der Waals surface area (Å²) in [5, 5.41) is 10.1. The number of rotatable bonds is 4. The molecule has 0 bridgehead atoms. The highest BCUT2D eigenvalue weighted by molar-refractivity contribution is 5.32. The lowest BCUT2D eigenvalue weighted by molar-refractivity contribution is 0.106. The van der Waals surface area contributed by atoms with Crippen LogP contribution in [0.2, 0.25) is 0 Å². The molecule has 1 aromatic carbocycles. The Kier molecular flexibility index (Phi) is 4.65. The van der Waals surface area contributed by atoms with E-state index in [1.807, 2.05) is 12.1 Å². The minimum Gasteiger partial charge on any atom is -0.491 e. The first-order valence-electron chi connectivity index (χ1n) is 7.15. The number of aliphatic hydroxyl groups excluding tert-OH is 1. The van der Waals surface area contributed by atoms with Crippen molar-refractivity contribution < 1.29 is 9.84 Å². The van der Waals surface area contributed by atoms with Crippen LogP contribution in [0, 0.1) is 0 Å². The summed E-state index contributed by atoms with van der Waals surface area (Å²) in [6.07, 6.45) is 5.47. The van der Waals surface area contributed by atoms with Crippen LogP contribution < -0.4 is 4.74 Å². The van der Waals surface area contributed by atoms with Gasteiger partial charge in [-0.3, -0.25) is 0 Å². The maximum absolute atomic E-state index is 10.1. The smallest absolute Gasteiger partial charge is 0.119 e. The van der Waals surface area contributed by atoms with E-state index in [-0.39, 0.29) is 12.2 Å². The Balaban J connectivity index is 2.10. The molecule has 1 N–H and O–H groups in total. The van der Waals surface area contributed by atoms with E-state index in [4.69, 9.17) is 4.74 Å². The van der Waals surface area contributed by atoms with Crippen LogP contribution >= 0.6 is 0 Å². The number of ether oxygens (including phenoxy) is 1. The third kappa shape index (κ3) is 3.26. The molecular weight excluding hydrogens is 224 g/mol. The molecule has 0 heterocycles. The van der Waals surface area contributed by atoms with Crippen LogP contribution in [0.4, 0.5) is 0 Å². The average Bonchev–Trinajstić information content (AvgIpc) is 2.39. The molecule has 0 saturated heterocycles. The second-order valence-electron chi connectivity index (χ2n) is 5.37. The van der Waals surface area contributed by atoms with Gasteiger partial charge in [0, 0.05) is 5.92 Å². The highest BCUT2D eigenvalue weighted by atomic mass is 16.5. The summed E-state index contributed by atoms with van der Waals surface area (Å²) in [7, 11) is 0. The molecule has 100 valence electrons. The molecule has 3 atom stereocenters. The maximum atomic E-state index is 10.1. The fraction of sp³-hybridized carbons (Fsp3) is 0.625. The average molecular weight is 248 g/mol. The van der Waals surface area contributed by atoms with Crippen molar-refractivity contribution in [1.29, 1.82) is 0 Å². The summed E-state index contributed by atoms with van der Waals surface area (Å²) in [6, 6.07) is 8.26. The lowest BCUT2D eigenvalue weighted by Crippen LogP contribution is -2.22. The third-order valence-corrected chi connectivity index (χ3v) is 3.93. The number of hydrogen-bond donors (Lipinski definition) is 1. The van der Waals surface area contributed by atoms with E-state index in [1.54, 1.807) is 0 Å². The second-order valence-corrected chi connectivity index (χ2v) is 5.37. The van der Waals surface area contributed by atoms with Crippen LogP contribution in [0.5, 0.6) is 5.75 Å². The number of benzene rings is 1. The molecule has 2 heteroatoms. The summed E-state index contributed by atoms with van der Waals surface area (Å²) < 4.78 is 5.85. The molecule has 0 aromatic heterocycles. The monoisotopic (exact) mass is 248 g/mol. The molecule has 0 spiro atoms. The summed E-state index contributed by atoms with van der Waals surface area (Å²) in [6.45, 7) is 4.21. The van der Waals surface area contributed by atoms with Crippen molar-refractivity contribution in [2.75, 3.05) is 0 Å². The standard InChI is InChI=1S/C16H24O2/c1-3-12(2)18-14-8-6-7-13(11-14)15-9-4-5-10-16(15)17/h6-8,11-12,15-17H,3-5,9-10H2,1-2H3/t12?,15-,16+/m0/s1. The van der Waals surface area contributed by atoms with Gasteiger partial charge in [-0.2, -0.15) is 0 Å². The van der Waals surface area contributed by atoms with Gasteiger partial charge < -0.3 is 9.84 Å². The van der Waals surface area contributed by atoms with E-state index < -0.39 is 0 Å². The molecule has 1 fully saturated rings. The summed E-state index contributed by atoms with van der Waals surface area (Å²) in [5.41, 5.74) is 1.23. The lowest BCUT2D eigenvalue weighted by atomic mass is 9.82. The van der Waals surface area contributed by atoms with Gasteiger partial charge in [-0.05, 0) is 43.9 Å². The van der Waals surface area contributed by atoms with Crippen molar-refractivity contribution in [1.82, 2.24) is 0 Å². The van der Waals surface area contributed by atoms with Crippen molar-refractivity contribution >= 4 is 0 Å². The SMILES string of the molecule is CCC(C)Oc1cccc([C@@H]2CCCC[C@H]2O)c1. The van der Waals surface area contributed by atoms with Gasteiger partial charge >= 0.3 is 0 Å². The van der Waals surface area contributed by atoms with Gasteiger partial charge in [-0.25, -0.2) is 0 Å². The molecule has 1 unspecified atom stereocenters. The first-order valence-corrected chi connectivity index (χ1v) is 7.15. The number of aliphatic hydroxyl groups is 1. The van der Waals surface area contributed by atoms with Crippen molar-refractivity contribution in [3.63, 3.8) is 0 Å². The highest BCUT2D eigenvalue weighted by Gasteiger charge is 2.24. The summed E-state index contributed by atoms with van der Waals surface area (Å²) in [4.78, 5) is 0.